The number of hydrogen-bond acceptors (Lipinski definition) is 2. The van der Waals surface area contributed by atoms with Crippen LogP contribution in [0.15, 0.2) is 28.7 Å². The van der Waals surface area contributed by atoms with Gasteiger partial charge in [0.15, 0.2) is 0 Å². The Morgan fingerprint density at radius 2 is 2.19 bits per heavy atom. The molecule has 2 N–H and O–H groups in total. The van der Waals surface area contributed by atoms with Crippen molar-refractivity contribution in [3.8, 4) is 0 Å². The number of hydrogen-bond donors (Lipinski definition) is 2. The van der Waals surface area contributed by atoms with E-state index in [2.05, 4.69) is 21.2 Å². The number of nitrogens with one attached hydrogen (secondary N) is 1. The maximum Gasteiger partial charge on any atom is 0.321 e. The van der Waals surface area contributed by atoms with Gasteiger partial charge in [0.05, 0.1) is 12.3 Å². The third-order valence-corrected chi connectivity index (χ3v) is 2.85. The molecule has 0 aliphatic carbocycles. The zero-order valence-corrected chi connectivity index (χ0v) is 10.7. The molecule has 0 bridgehead atoms. The van der Waals surface area contributed by atoms with Crippen LogP contribution in [0.1, 0.15) is 6.92 Å². The highest BCUT2D eigenvalue weighted by molar-refractivity contribution is 9.10. The molecule has 2 amide bonds. The van der Waals surface area contributed by atoms with Crippen LogP contribution in [0.4, 0.5) is 10.5 Å². The van der Waals surface area contributed by atoms with Crippen molar-refractivity contribution >= 4 is 27.6 Å². The molecule has 1 rings (SSSR count). The number of carbonyl (C=O) groups excluding carboxylic acids is 1. The molecule has 16 heavy (non-hydrogen) atoms. The first-order chi connectivity index (χ1) is 7.69. The van der Waals surface area contributed by atoms with Crippen LogP contribution < -0.4 is 5.32 Å². The van der Waals surface area contributed by atoms with Gasteiger partial charge in [-0.05, 0) is 35.0 Å². The predicted molar refractivity (Wildman–Crippen MR) is 67.5 cm³/mol. The van der Waals surface area contributed by atoms with Crippen molar-refractivity contribution in [1.29, 1.82) is 0 Å². The number of urea groups is 1. The summed E-state index contributed by atoms with van der Waals surface area (Å²) >= 11 is 3.35. The van der Waals surface area contributed by atoms with E-state index in [-0.39, 0.29) is 12.6 Å². The van der Waals surface area contributed by atoms with Crippen LogP contribution in [0.2, 0.25) is 0 Å². The van der Waals surface area contributed by atoms with Gasteiger partial charge < -0.3 is 15.3 Å². The smallest absolute Gasteiger partial charge is 0.321 e. The molecule has 0 radical (unpaired) electrons. The summed E-state index contributed by atoms with van der Waals surface area (Å²) < 4.78 is 0.836. The molecule has 0 aromatic heterocycles. The lowest BCUT2D eigenvalue weighted by Crippen LogP contribution is -2.36. The summed E-state index contributed by atoms with van der Waals surface area (Å²) in [6.07, 6.45) is 0. The van der Waals surface area contributed by atoms with Gasteiger partial charge in [-0.25, -0.2) is 4.79 Å². The molecular weight excluding hydrogens is 272 g/mol. The summed E-state index contributed by atoms with van der Waals surface area (Å²) in [5.41, 5.74) is 0.726. The number of para-hydroxylation sites is 1. The average Bonchev–Trinajstić information content (AvgIpc) is 2.29. The number of likely N-dealkylation sites (N-methyl/N-ethyl adjacent to an activating group) is 1. The largest absolute Gasteiger partial charge is 0.395 e. The Kier molecular flexibility index (Phi) is 5.28. The van der Waals surface area contributed by atoms with Crippen molar-refractivity contribution in [2.24, 2.45) is 0 Å². The van der Waals surface area contributed by atoms with Crippen molar-refractivity contribution in [3.05, 3.63) is 28.7 Å². The van der Waals surface area contributed by atoms with Crippen molar-refractivity contribution < 1.29 is 9.90 Å². The second kappa shape index (κ2) is 6.50. The second-order valence-electron chi connectivity index (χ2n) is 3.21. The van der Waals surface area contributed by atoms with E-state index in [9.17, 15) is 4.79 Å². The summed E-state index contributed by atoms with van der Waals surface area (Å²) in [6.45, 7) is 2.75. The van der Waals surface area contributed by atoms with E-state index in [4.69, 9.17) is 5.11 Å². The first-order valence-electron chi connectivity index (χ1n) is 5.10. The van der Waals surface area contributed by atoms with Crippen molar-refractivity contribution in [1.82, 2.24) is 4.90 Å². The molecule has 4 nitrogen and oxygen atoms in total. The summed E-state index contributed by atoms with van der Waals surface area (Å²) in [4.78, 5) is 13.3. The number of amides is 2. The third kappa shape index (κ3) is 3.50. The molecule has 0 unspecified atom stereocenters. The summed E-state index contributed by atoms with van der Waals surface area (Å²) in [5.74, 6) is 0. The molecule has 0 saturated heterocycles. The SMILES string of the molecule is CCN(CCO)C(=O)Nc1ccccc1Br. The monoisotopic (exact) mass is 286 g/mol. The van der Waals surface area contributed by atoms with Crippen molar-refractivity contribution in [2.45, 2.75) is 6.92 Å². The predicted octanol–water partition coefficient (Wildman–Crippen LogP) is 2.30. The fourth-order valence-corrected chi connectivity index (χ4v) is 1.66. The minimum atomic E-state index is -0.205. The lowest BCUT2D eigenvalue weighted by Gasteiger charge is -2.20. The first kappa shape index (κ1) is 13.0. The fraction of sp³-hybridized carbons (Fsp3) is 0.364. The van der Waals surface area contributed by atoms with Crippen LogP contribution in [0.25, 0.3) is 0 Å². The van der Waals surface area contributed by atoms with Crippen LogP contribution in [0.5, 0.6) is 0 Å². The number of anilines is 1. The van der Waals surface area contributed by atoms with Gasteiger partial charge in [-0.15, -0.1) is 0 Å². The lowest BCUT2D eigenvalue weighted by molar-refractivity contribution is 0.192. The Labute approximate surface area is 103 Å². The van der Waals surface area contributed by atoms with Gasteiger partial charge in [0.1, 0.15) is 0 Å². The highest BCUT2D eigenvalue weighted by Gasteiger charge is 2.11. The second-order valence-corrected chi connectivity index (χ2v) is 4.07. The summed E-state index contributed by atoms with van der Waals surface area (Å²) in [6, 6.07) is 7.20. The molecule has 0 saturated carbocycles. The Hall–Kier alpha value is -1.07. The molecule has 1 aromatic rings. The quantitative estimate of drug-likeness (QED) is 0.892. The molecule has 0 aliphatic heterocycles. The normalized spacial score (nSPS) is 9.94. The van der Waals surface area contributed by atoms with E-state index in [0.29, 0.717) is 13.1 Å². The van der Waals surface area contributed by atoms with E-state index in [1.54, 1.807) is 4.90 Å². The number of halogens is 1. The molecule has 0 aliphatic rings. The number of aliphatic hydroxyl groups excluding tert-OH is 1. The van der Waals surface area contributed by atoms with E-state index >= 15 is 0 Å². The maximum atomic E-state index is 11.8. The Balaban J connectivity index is 2.66. The zero-order valence-electron chi connectivity index (χ0n) is 9.11. The van der Waals surface area contributed by atoms with E-state index in [1.807, 2.05) is 31.2 Å². The van der Waals surface area contributed by atoms with Crippen LogP contribution in [0.3, 0.4) is 0 Å². The maximum absolute atomic E-state index is 11.8. The van der Waals surface area contributed by atoms with Gasteiger partial charge in [-0.3, -0.25) is 0 Å². The number of carbonyl (C=O) groups is 1. The molecule has 1 aromatic carbocycles. The molecule has 0 heterocycles. The lowest BCUT2D eigenvalue weighted by atomic mass is 10.3. The van der Waals surface area contributed by atoms with E-state index in [0.717, 1.165) is 10.2 Å². The Morgan fingerprint density at radius 1 is 1.50 bits per heavy atom. The highest BCUT2D eigenvalue weighted by atomic mass is 79.9. The Morgan fingerprint density at radius 3 is 2.75 bits per heavy atom. The minimum absolute atomic E-state index is 0.0305. The van der Waals surface area contributed by atoms with Crippen molar-refractivity contribution in [3.63, 3.8) is 0 Å². The molecule has 0 spiro atoms. The van der Waals surface area contributed by atoms with Crippen LogP contribution in [-0.2, 0) is 0 Å². The topological polar surface area (TPSA) is 52.6 Å². The standard InChI is InChI=1S/C11H15BrN2O2/c1-2-14(7-8-15)11(16)13-10-6-4-3-5-9(10)12/h3-6,15H,2,7-8H2,1H3,(H,13,16). The third-order valence-electron chi connectivity index (χ3n) is 2.15. The highest BCUT2D eigenvalue weighted by Crippen LogP contribution is 2.21. The summed E-state index contributed by atoms with van der Waals surface area (Å²) in [7, 11) is 0. The van der Waals surface area contributed by atoms with Gasteiger partial charge in [0.2, 0.25) is 0 Å². The van der Waals surface area contributed by atoms with Gasteiger partial charge in [0, 0.05) is 17.6 Å². The van der Waals surface area contributed by atoms with Crippen LogP contribution >= 0.6 is 15.9 Å². The molecule has 0 atom stereocenters. The summed E-state index contributed by atoms with van der Waals surface area (Å²) in [5, 5.41) is 11.6. The number of rotatable bonds is 4. The van der Waals surface area contributed by atoms with Gasteiger partial charge >= 0.3 is 6.03 Å². The van der Waals surface area contributed by atoms with Gasteiger partial charge in [-0.1, -0.05) is 12.1 Å². The van der Waals surface area contributed by atoms with Gasteiger partial charge in [-0.2, -0.15) is 0 Å². The van der Waals surface area contributed by atoms with Crippen molar-refractivity contribution in [2.75, 3.05) is 25.0 Å². The molecule has 88 valence electrons. The number of benzene rings is 1. The van der Waals surface area contributed by atoms with Gasteiger partial charge in [0.25, 0.3) is 0 Å². The molecule has 5 heteroatoms. The van der Waals surface area contributed by atoms with E-state index < -0.39 is 0 Å². The number of nitrogens with zero attached hydrogens (tertiary/aromatic N) is 1. The zero-order chi connectivity index (χ0) is 12.0. The number of aliphatic hydroxyl groups is 1. The van der Waals surface area contributed by atoms with Crippen LogP contribution in [0, 0.1) is 0 Å². The average molecular weight is 287 g/mol. The minimum Gasteiger partial charge on any atom is -0.395 e. The van der Waals surface area contributed by atoms with E-state index in [1.165, 1.54) is 0 Å². The molecular formula is C11H15BrN2O2. The first-order valence-corrected chi connectivity index (χ1v) is 5.89. The molecule has 0 fully saturated rings. The van der Waals surface area contributed by atoms with Crippen LogP contribution in [-0.4, -0.2) is 35.7 Å². The fourth-order valence-electron chi connectivity index (χ4n) is 1.28. The Bertz CT molecular complexity index is 358.